The Labute approximate surface area is 171 Å². The molecule has 2 aromatic carbocycles. The van der Waals surface area contributed by atoms with Crippen LogP contribution in [0.2, 0.25) is 0 Å². The van der Waals surface area contributed by atoms with Gasteiger partial charge < -0.3 is 15.0 Å². The number of fused-ring (bicyclic) bond motifs is 1. The molecule has 8 heteroatoms. The second kappa shape index (κ2) is 8.30. The molecule has 0 fully saturated rings. The van der Waals surface area contributed by atoms with E-state index in [1.165, 1.54) is 27.4 Å². The average molecular weight is 406 g/mol. The number of rotatable bonds is 6. The molecule has 2 heterocycles. The molecule has 0 atom stereocenters. The highest BCUT2D eigenvalue weighted by atomic mass is 19.1. The molecule has 0 unspecified atom stereocenters. The van der Waals surface area contributed by atoms with Gasteiger partial charge in [-0.05, 0) is 17.7 Å². The molecule has 0 radical (unpaired) electrons. The molecule has 0 bridgehead atoms. The Hall–Kier alpha value is -3.78. The quantitative estimate of drug-likeness (QED) is 0.513. The van der Waals surface area contributed by atoms with Crippen LogP contribution in [0.3, 0.4) is 0 Å². The number of carbonyl (C=O) groups excluding carboxylic acids is 1. The van der Waals surface area contributed by atoms with Crippen molar-refractivity contribution >= 4 is 11.4 Å². The number of halogens is 1. The topological polar surface area (TPSA) is 88.6 Å². The number of hydrogen-bond donors (Lipinski definition) is 2. The van der Waals surface area contributed by atoms with E-state index >= 15 is 0 Å². The van der Waals surface area contributed by atoms with Crippen LogP contribution in [0.15, 0.2) is 71.8 Å². The number of amides is 1. The smallest absolute Gasteiger partial charge is 0.277 e. The van der Waals surface area contributed by atoms with Crippen LogP contribution in [-0.2, 0) is 24.5 Å². The molecule has 2 aromatic heterocycles. The molecule has 0 aliphatic heterocycles. The molecule has 0 spiro atoms. The van der Waals surface area contributed by atoms with E-state index in [1.807, 2.05) is 30.3 Å². The number of nitrogens with zero attached hydrogens (tertiary/aromatic N) is 3. The van der Waals surface area contributed by atoms with Gasteiger partial charge >= 0.3 is 0 Å². The van der Waals surface area contributed by atoms with Crippen molar-refractivity contribution in [1.29, 1.82) is 0 Å². The standard InChI is InChI=1S/C22H19FN4O3/c23-17-8-6-15(7-9-17)12-24-19(29)13-26-10-11-27-21(22(26)30)18(14-28)20(25-27)16-4-2-1-3-5-16/h1-11,28H,12-14H2,(H,24,29). The molecule has 0 saturated heterocycles. The van der Waals surface area contributed by atoms with Gasteiger partial charge in [0, 0.05) is 30.1 Å². The van der Waals surface area contributed by atoms with Gasteiger partial charge in [-0.2, -0.15) is 5.10 Å². The van der Waals surface area contributed by atoms with Gasteiger partial charge in [0.25, 0.3) is 5.56 Å². The highest BCUT2D eigenvalue weighted by Crippen LogP contribution is 2.24. The average Bonchev–Trinajstić information content (AvgIpc) is 3.15. The summed E-state index contributed by atoms with van der Waals surface area (Å²) >= 11 is 0. The van der Waals surface area contributed by atoms with E-state index in [2.05, 4.69) is 10.4 Å². The van der Waals surface area contributed by atoms with E-state index < -0.39 is 5.56 Å². The Kier molecular flexibility index (Phi) is 5.40. The molecule has 1 amide bonds. The number of aromatic nitrogens is 3. The first kappa shape index (κ1) is 19.5. The normalized spacial score (nSPS) is 11.0. The number of benzene rings is 2. The van der Waals surface area contributed by atoms with Crippen molar-refractivity contribution in [3.05, 3.63) is 94.3 Å². The summed E-state index contributed by atoms with van der Waals surface area (Å²) in [6.45, 7) is -0.320. The lowest BCUT2D eigenvalue weighted by molar-refractivity contribution is -0.121. The third-order valence-electron chi connectivity index (χ3n) is 4.78. The Bertz CT molecular complexity index is 1250. The molecule has 0 saturated carbocycles. The molecule has 0 aliphatic rings. The van der Waals surface area contributed by atoms with Crippen molar-refractivity contribution in [1.82, 2.24) is 19.5 Å². The minimum absolute atomic E-state index is 0.187. The first-order valence-corrected chi connectivity index (χ1v) is 9.35. The van der Waals surface area contributed by atoms with Gasteiger partial charge in [-0.3, -0.25) is 9.59 Å². The monoisotopic (exact) mass is 406 g/mol. The second-order valence-electron chi connectivity index (χ2n) is 6.78. The van der Waals surface area contributed by atoms with Crippen LogP contribution in [0.1, 0.15) is 11.1 Å². The predicted molar refractivity (Wildman–Crippen MR) is 109 cm³/mol. The van der Waals surface area contributed by atoms with Gasteiger partial charge in [0.2, 0.25) is 5.91 Å². The fourth-order valence-corrected chi connectivity index (χ4v) is 3.27. The van der Waals surface area contributed by atoms with Gasteiger partial charge in [0.1, 0.15) is 17.9 Å². The minimum atomic E-state index is -0.423. The van der Waals surface area contributed by atoms with Crippen molar-refractivity contribution in [2.45, 2.75) is 19.7 Å². The van der Waals surface area contributed by atoms with Gasteiger partial charge in [0.15, 0.2) is 0 Å². The second-order valence-corrected chi connectivity index (χ2v) is 6.78. The highest BCUT2D eigenvalue weighted by Gasteiger charge is 2.18. The van der Waals surface area contributed by atoms with Crippen LogP contribution < -0.4 is 10.9 Å². The zero-order chi connectivity index (χ0) is 21.1. The Balaban J connectivity index is 1.59. The Morgan fingerprint density at radius 2 is 1.80 bits per heavy atom. The molecule has 4 aromatic rings. The van der Waals surface area contributed by atoms with Crippen molar-refractivity contribution < 1.29 is 14.3 Å². The number of nitrogens with one attached hydrogen (secondary N) is 1. The number of hydrogen-bond acceptors (Lipinski definition) is 4. The molecule has 4 rings (SSSR count). The van der Waals surface area contributed by atoms with E-state index in [1.54, 1.807) is 18.3 Å². The van der Waals surface area contributed by atoms with Crippen molar-refractivity contribution in [3.8, 4) is 11.3 Å². The lowest BCUT2D eigenvalue weighted by Crippen LogP contribution is -2.32. The molecular formula is C22H19FN4O3. The minimum Gasteiger partial charge on any atom is -0.392 e. The molecule has 0 aliphatic carbocycles. The molecule has 152 valence electrons. The van der Waals surface area contributed by atoms with E-state index in [0.717, 1.165) is 11.1 Å². The van der Waals surface area contributed by atoms with Gasteiger partial charge in [-0.25, -0.2) is 8.91 Å². The summed E-state index contributed by atoms with van der Waals surface area (Å²) in [7, 11) is 0. The zero-order valence-electron chi connectivity index (χ0n) is 16.0. The van der Waals surface area contributed by atoms with Crippen molar-refractivity contribution in [2.75, 3.05) is 0 Å². The SMILES string of the molecule is O=C(Cn1ccn2nc(-c3ccccc3)c(CO)c2c1=O)NCc1ccc(F)cc1. The third-order valence-corrected chi connectivity index (χ3v) is 4.78. The summed E-state index contributed by atoms with van der Waals surface area (Å²) in [6, 6.07) is 15.1. The van der Waals surface area contributed by atoms with Crippen molar-refractivity contribution in [3.63, 3.8) is 0 Å². The highest BCUT2D eigenvalue weighted by molar-refractivity contribution is 5.76. The molecule has 30 heavy (non-hydrogen) atoms. The molecule has 7 nitrogen and oxygen atoms in total. The van der Waals surface area contributed by atoms with Crippen LogP contribution >= 0.6 is 0 Å². The van der Waals surface area contributed by atoms with Crippen LogP contribution in [-0.4, -0.2) is 25.2 Å². The van der Waals surface area contributed by atoms with E-state index in [4.69, 9.17) is 0 Å². The fourth-order valence-electron chi connectivity index (χ4n) is 3.27. The summed E-state index contributed by atoms with van der Waals surface area (Å²) in [5.41, 5.74) is 2.27. The lowest BCUT2D eigenvalue weighted by atomic mass is 10.1. The van der Waals surface area contributed by atoms with Crippen molar-refractivity contribution in [2.24, 2.45) is 0 Å². The Morgan fingerprint density at radius 3 is 2.50 bits per heavy atom. The number of aliphatic hydroxyl groups is 1. The summed E-state index contributed by atoms with van der Waals surface area (Å²) in [5.74, 6) is -0.709. The first-order valence-electron chi connectivity index (χ1n) is 9.35. The first-order chi connectivity index (χ1) is 14.6. The van der Waals surface area contributed by atoms with E-state index in [0.29, 0.717) is 11.3 Å². The van der Waals surface area contributed by atoms with Gasteiger partial charge in [-0.15, -0.1) is 0 Å². The maximum absolute atomic E-state index is 13.0. The number of aliphatic hydroxyl groups excluding tert-OH is 1. The zero-order valence-corrected chi connectivity index (χ0v) is 16.0. The van der Waals surface area contributed by atoms with Gasteiger partial charge in [0.05, 0.1) is 12.3 Å². The molecule has 2 N–H and O–H groups in total. The van der Waals surface area contributed by atoms with Crippen LogP contribution in [0.4, 0.5) is 4.39 Å². The molecular weight excluding hydrogens is 387 g/mol. The van der Waals surface area contributed by atoms with Crippen LogP contribution in [0, 0.1) is 5.82 Å². The Morgan fingerprint density at radius 1 is 1.07 bits per heavy atom. The number of carbonyl (C=O) groups is 1. The summed E-state index contributed by atoms with van der Waals surface area (Å²) in [4.78, 5) is 25.3. The summed E-state index contributed by atoms with van der Waals surface area (Å²) < 4.78 is 15.7. The van der Waals surface area contributed by atoms with Gasteiger partial charge in [-0.1, -0.05) is 42.5 Å². The predicted octanol–water partition coefficient (Wildman–Crippen LogP) is 2.11. The summed E-state index contributed by atoms with van der Waals surface area (Å²) in [6.07, 6.45) is 3.06. The maximum Gasteiger partial charge on any atom is 0.277 e. The fraction of sp³-hybridized carbons (Fsp3) is 0.136. The third kappa shape index (κ3) is 3.85. The van der Waals surface area contributed by atoms with Crippen LogP contribution in [0.25, 0.3) is 16.8 Å². The summed E-state index contributed by atoms with van der Waals surface area (Å²) in [5, 5.41) is 17.0. The lowest BCUT2D eigenvalue weighted by Gasteiger charge is -2.08. The van der Waals surface area contributed by atoms with Crippen LogP contribution in [0.5, 0.6) is 0 Å². The van der Waals surface area contributed by atoms with E-state index in [-0.39, 0.29) is 36.9 Å². The van der Waals surface area contributed by atoms with E-state index in [9.17, 15) is 19.1 Å². The largest absolute Gasteiger partial charge is 0.392 e. The maximum atomic E-state index is 13.0.